The van der Waals surface area contributed by atoms with Gasteiger partial charge in [0, 0.05) is 5.56 Å². The standard InChI is InChI=1S/C24H20O4/c1-16-10-17(2)12-19(11-16)13-23(24(26)27)20-4-3-5-22(14-20)28-21-8-6-18(15-25)7-9-21/h3-15H,1-2H3,(H,26,27). The van der Waals surface area contributed by atoms with Crippen LogP contribution in [0.2, 0.25) is 0 Å². The van der Waals surface area contributed by atoms with Crippen molar-refractivity contribution in [1.29, 1.82) is 0 Å². The van der Waals surface area contributed by atoms with Gasteiger partial charge in [-0.05, 0) is 67.4 Å². The highest BCUT2D eigenvalue weighted by Gasteiger charge is 2.12. The lowest BCUT2D eigenvalue weighted by Crippen LogP contribution is -2.00. The van der Waals surface area contributed by atoms with Crippen molar-refractivity contribution in [3.63, 3.8) is 0 Å². The SMILES string of the molecule is Cc1cc(C)cc(C=C(C(=O)O)c2cccc(Oc3ccc(C=O)cc3)c2)c1. The molecular formula is C24H20O4. The number of benzene rings is 3. The number of aldehydes is 1. The van der Waals surface area contributed by atoms with Crippen LogP contribution in [-0.4, -0.2) is 17.4 Å². The summed E-state index contributed by atoms with van der Waals surface area (Å²) in [6.45, 7) is 3.96. The fourth-order valence-electron chi connectivity index (χ4n) is 3.01. The summed E-state index contributed by atoms with van der Waals surface area (Å²) in [5, 5.41) is 9.72. The van der Waals surface area contributed by atoms with Gasteiger partial charge in [0.2, 0.25) is 0 Å². The number of carboxylic acid groups (broad SMARTS) is 1. The third-order valence-electron chi connectivity index (χ3n) is 4.18. The molecule has 0 spiro atoms. The van der Waals surface area contributed by atoms with Crippen molar-refractivity contribution >= 4 is 23.9 Å². The summed E-state index contributed by atoms with van der Waals surface area (Å²) in [5.41, 5.74) is 4.29. The highest BCUT2D eigenvalue weighted by Crippen LogP contribution is 2.27. The van der Waals surface area contributed by atoms with E-state index >= 15 is 0 Å². The summed E-state index contributed by atoms with van der Waals surface area (Å²) >= 11 is 0. The summed E-state index contributed by atoms with van der Waals surface area (Å²) in [6, 6.07) is 19.6. The minimum atomic E-state index is -1.01. The molecule has 4 heteroatoms. The Bertz CT molecular complexity index is 1030. The maximum Gasteiger partial charge on any atom is 0.336 e. The first-order valence-corrected chi connectivity index (χ1v) is 8.81. The summed E-state index contributed by atoms with van der Waals surface area (Å²) in [4.78, 5) is 22.6. The van der Waals surface area contributed by atoms with E-state index < -0.39 is 5.97 Å². The van der Waals surface area contributed by atoms with Crippen molar-refractivity contribution in [2.75, 3.05) is 0 Å². The fourth-order valence-corrected chi connectivity index (χ4v) is 3.01. The molecule has 4 nitrogen and oxygen atoms in total. The lowest BCUT2D eigenvalue weighted by molar-refractivity contribution is -0.130. The number of aliphatic carboxylic acids is 1. The summed E-state index contributed by atoms with van der Waals surface area (Å²) in [5.74, 6) is 0.0773. The number of hydrogen-bond acceptors (Lipinski definition) is 3. The average molecular weight is 372 g/mol. The first-order valence-electron chi connectivity index (χ1n) is 8.81. The highest BCUT2D eigenvalue weighted by atomic mass is 16.5. The van der Waals surface area contributed by atoms with E-state index in [-0.39, 0.29) is 5.57 Å². The van der Waals surface area contributed by atoms with Crippen LogP contribution in [0.1, 0.15) is 32.6 Å². The number of hydrogen-bond donors (Lipinski definition) is 1. The fraction of sp³-hybridized carbons (Fsp3) is 0.0833. The molecule has 3 aromatic carbocycles. The van der Waals surface area contributed by atoms with Crippen molar-refractivity contribution in [3.8, 4) is 11.5 Å². The van der Waals surface area contributed by atoms with Gasteiger partial charge in [-0.1, -0.05) is 41.5 Å². The molecule has 0 aliphatic carbocycles. The number of ether oxygens (including phenoxy) is 1. The number of carboxylic acids is 1. The Kier molecular flexibility index (Phi) is 5.70. The zero-order valence-corrected chi connectivity index (χ0v) is 15.7. The van der Waals surface area contributed by atoms with Gasteiger partial charge in [0.15, 0.2) is 0 Å². The second-order valence-electron chi connectivity index (χ2n) is 6.60. The number of carbonyl (C=O) groups is 2. The highest BCUT2D eigenvalue weighted by molar-refractivity contribution is 6.20. The molecule has 0 aliphatic heterocycles. The molecule has 0 aromatic heterocycles. The van der Waals surface area contributed by atoms with E-state index in [9.17, 15) is 14.7 Å². The van der Waals surface area contributed by atoms with E-state index in [1.165, 1.54) is 0 Å². The summed E-state index contributed by atoms with van der Waals surface area (Å²) in [6.07, 6.45) is 2.43. The predicted molar refractivity (Wildman–Crippen MR) is 110 cm³/mol. The van der Waals surface area contributed by atoms with Crippen LogP contribution in [0.25, 0.3) is 11.6 Å². The molecule has 3 rings (SSSR count). The molecular weight excluding hydrogens is 352 g/mol. The molecule has 0 saturated heterocycles. The monoisotopic (exact) mass is 372 g/mol. The molecule has 1 N–H and O–H groups in total. The summed E-state index contributed by atoms with van der Waals surface area (Å²) in [7, 11) is 0. The van der Waals surface area contributed by atoms with E-state index in [0.717, 1.165) is 23.0 Å². The third-order valence-corrected chi connectivity index (χ3v) is 4.18. The average Bonchev–Trinajstić information content (AvgIpc) is 2.66. The van der Waals surface area contributed by atoms with Crippen LogP contribution in [0.4, 0.5) is 0 Å². The minimum Gasteiger partial charge on any atom is -0.478 e. The Hall–Kier alpha value is -3.66. The Balaban J connectivity index is 1.93. The van der Waals surface area contributed by atoms with Crippen LogP contribution in [0.15, 0.2) is 66.7 Å². The molecule has 0 unspecified atom stereocenters. The van der Waals surface area contributed by atoms with E-state index in [1.807, 2.05) is 32.0 Å². The minimum absolute atomic E-state index is 0.187. The van der Waals surface area contributed by atoms with Crippen LogP contribution >= 0.6 is 0 Å². The van der Waals surface area contributed by atoms with Crippen LogP contribution in [-0.2, 0) is 4.79 Å². The van der Waals surface area contributed by atoms with Gasteiger partial charge in [0.1, 0.15) is 17.8 Å². The van der Waals surface area contributed by atoms with Crippen molar-refractivity contribution < 1.29 is 19.4 Å². The van der Waals surface area contributed by atoms with Crippen molar-refractivity contribution in [3.05, 3.63) is 94.5 Å². The van der Waals surface area contributed by atoms with Crippen LogP contribution in [0, 0.1) is 13.8 Å². The van der Waals surface area contributed by atoms with Gasteiger partial charge in [-0.25, -0.2) is 4.79 Å². The second kappa shape index (κ2) is 8.35. The van der Waals surface area contributed by atoms with E-state index in [2.05, 4.69) is 0 Å². The molecule has 0 bridgehead atoms. The van der Waals surface area contributed by atoms with E-state index in [4.69, 9.17) is 4.74 Å². The Morgan fingerprint density at radius 2 is 1.54 bits per heavy atom. The molecule has 0 heterocycles. The van der Waals surface area contributed by atoms with Crippen molar-refractivity contribution in [1.82, 2.24) is 0 Å². The van der Waals surface area contributed by atoms with E-state index in [1.54, 1.807) is 54.6 Å². The lowest BCUT2D eigenvalue weighted by Gasteiger charge is -2.09. The second-order valence-corrected chi connectivity index (χ2v) is 6.60. The molecule has 0 radical (unpaired) electrons. The maximum atomic E-state index is 11.9. The topological polar surface area (TPSA) is 63.6 Å². The predicted octanol–water partition coefficient (Wildman–Crippen LogP) is 5.53. The lowest BCUT2D eigenvalue weighted by atomic mass is 10.0. The van der Waals surface area contributed by atoms with Gasteiger partial charge >= 0.3 is 5.97 Å². The molecule has 3 aromatic rings. The molecule has 28 heavy (non-hydrogen) atoms. The first kappa shape index (κ1) is 19.1. The number of aryl methyl sites for hydroxylation is 2. The van der Waals surface area contributed by atoms with Gasteiger partial charge in [-0.3, -0.25) is 4.79 Å². The van der Waals surface area contributed by atoms with Crippen LogP contribution in [0.5, 0.6) is 11.5 Å². The van der Waals surface area contributed by atoms with Gasteiger partial charge in [-0.2, -0.15) is 0 Å². The maximum absolute atomic E-state index is 11.9. The number of rotatable bonds is 6. The Morgan fingerprint density at radius 1 is 0.857 bits per heavy atom. The van der Waals surface area contributed by atoms with Crippen molar-refractivity contribution in [2.45, 2.75) is 13.8 Å². The molecule has 0 atom stereocenters. The smallest absolute Gasteiger partial charge is 0.336 e. The Morgan fingerprint density at radius 3 is 2.14 bits per heavy atom. The summed E-state index contributed by atoms with van der Waals surface area (Å²) < 4.78 is 5.80. The van der Waals surface area contributed by atoms with Gasteiger partial charge in [0.25, 0.3) is 0 Å². The Labute approximate surface area is 163 Å². The first-order chi connectivity index (χ1) is 13.4. The van der Waals surface area contributed by atoms with Gasteiger partial charge < -0.3 is 9.84 Å². The molecule has 0 aliphatic rings. The molecule has 140 valence electrons. The van der Waals surface area contributed by atoms with E-state index in [0.29, 0.717) is 22.6 Å². The van der Waals surface area contributed by atoms with Crippen LogP contribution in [0.3, 0.4) is 0 Å². The normalized spacial score (nSPS) is 11.1. The molecule has 0 saturated carbocycles. The zero-order chi connectivity index (χ0) is 20.1. The van der Waals surface area contributed by atoms with Gasteiger partial charge in [-0.15, -0.1) is 0 Å². The number of carbonyl (C=O) groups excluding carboxylic acids is 1. The molecule has 0 fully saturated rings. The largest absolute Gasteiger partial charge is 0.478 e. The van der Waals surface area contributed by atoms with Gasteiger partial charge in [0.05, 0.1) is 5.57 Å². The van der Waals surface area contributed by atoms with Crippen LogP contribution < -0.4 is 4.74 Å². The molecule has 0 amide bonds. The zero-order valence-electron chi connectivity index (χ0n) is 15.7. The van der Waals surface area contributed by atoms with Crippen molar-refractivity contribution in [2.24, 2.45) is 0 Å². The third kappa shape index (κ3) is 4.74. The quantitative estimate of drug-likeness (QED) is 0.351.